The van der Waals surface area contributed by atoms with Crippen molar-refractivity contribution >= 4 is 33.1 Å². The fourth-order valence-electron chi connectivity index (χ4n) is 3.76. The SMILES string of the molecule is CC(=O)c1ccc(NC(=O)c2ccccc2N(Cc2ccccc2)S(=O)(=O)c2ccc(C)cc2)cc1. The molecular formula is C29H26N2O4S. The third-order valence-electron chi connectivity index (χ3n) is 5.74. The highest BCUT2D eigenvalue weighted by atomic mass is 32.2. The number of hydrogen-bond donors (Lipinski definition) is 1. The molecule has 0 bridgehead atoms. The number of anilines is 2. The second kappa shape index (κ2) is 10.6. The van der Waals surface area contributed by atoms with E-state index in [0.717, 1.165) is 11.1 Å². The monoisotopic (exact) mass is 498 g/mol. The predicted molar refractivity (Wildman–Crippen MR) is 142 cm³/mol. The fourth-order valence-corrected chi connectivity index (χ4v) is 5.23. The first kappa shape index (κ1) is 24.9. The van der Waals surface area contributed by atoms with E-state index in [1.165, 1.54) is 11.2 Å². The number of hydrogen-bond acceptors (Lipinski definition) is 4. The molecule has 1 amide bonds. The third-order valence-corrected chi connectivity index (χ3v) is 7.52. The molecule has 0 saturated carbocycles. The van der Waals surface area contributed by atoms with Gasteiger partial charge in [0.25, 0.3) is 15.9 Å². The minimum Gasteiger partial charge on any atom is -0.322 e. The van der Waals surface area contributed by atoms with Crippen molar-refractivity contribution in [2.75, 3.05) is 9.62 Å². The maximum Gasteiger partial charge on any atom is 0.264 e. The highest BCUT2D eigenvalue weighted by molar-refractivity contribution is 7.92. The van der Waals surface area contributed by atoms with Crippen molar-refractivity contribution < 1.29 is 18.0 Å². The number of rotatable bonds is 8. The Morgan fingerprint density at radius 3 is 2.03 bits per heavy atom. The highest BCUT2D eigenvalue weighted by Gasteiger charge is 2.28. The first-order valence-corrected chi connectivity index (χ1v) is 12.8. The zero-order valence-corrected chi connectivity index (χ0v) is 20.8. The standard InChI is InChI=1S/C29H26N2O4S/c1-21-12-18-26(19-13-21)36(34,35)31(20-23-8-4-3-5-9-23)28-11-7-6-10-27(28)29(33)30-25-16-14-24(15-17-25)22(2)32/h3-19H,20H2,1-2H3,(H,30,33). The zero-order chi connectivity index (χ0) is 25.7. The number of aryl methyl sites for hydroxylation is 1. The van der Waals surface area contributed by atoms with Crippen molar-refractivity contribution in [3.63, 3.8) is 0 Å². The first-order chi connectivity index (χ1) is 17.3. The lowest BCUT2D eigenvalue weighted by Crippen LogP contribution is -2.32. The summed E-state index contributed by atoms with van der Waals surface area (Å²) in [4.78, 5) is 25.0. The lowest BCUT2D eigenvalue weighted by Gasteiger charge is -2.26. The summed E-state index contributed by atoms with van der Waals surface area (Å²) in [5, 5.41) is 2.81. The molecule has 0 aliphatic heterocycles. The molecular weight excluding hydrogens is 472 g/mol. The molecule has 0 spiro atoms. The van der Waals surface area contributed by atoms with Crippen LogP contribution in [-0.2, 0) is 16.6 Å². The van der Waals surface area contributed by atoms with Crippen molar-refractivity contribution in [1.82, 2.24) is 0 Å². The van der Waals surface area contributed by atoms with Crippen LogP contribution in [0.5, 0.6) is 0 Å². The Kier molecular flexibility index (Phi) is 7.31. The van der Waals surface area contributed by atoms with Crippen LogP contribution in [0.25, 0.3) is 0 Å². The van der Waals surface area contributed by atoms with E-state index < -0.39 is 15.9 Å². The summed E-state index contributed by atoms with van der Waals surface area (Å²) >= 11 is 0. The topological polar surface area (TPSA) is 83.6 Å². The van der Waals surface area contributed by atoms with Gasteiger partial charge in [0.05, 0.1) is 22.7 Å². The van der Waals surface area contributed by atoms with Gasteiger partial charge in [-0.1, -0.05) is 60.2 Å². The van der Waals surface area contributed by atoms with Gasteiger partial charge in [0.2, 0.25) is 0 Å². The highest BCUT2D eigenvalue weighted by Crippen LogP contribution is 2.30. The molecule has 0 fully saturated rings. The van der Waals surface area contributed by atoms with Gasteiger partial charge in [-0.2, -0.15) is 0 Å². The Labute approximate surface area is 211 Å². The van der Waals surface area contributed by atoms with Crippen LogP contribution < -0.4 is 9.62 Å². The number of carbonyl (C=O) groups is 2. The number of sulfonamides is 1. The summed E-state index contributed by atoms with van der Waals surface area (Å²) in [5.41, 5.74) is 3.23. The molecule has 182 valence electrons. The van der Waals surface area contributed by atoms with Crippen LogP contribution >= 0.6 is 0 Å². The van der Waals surface area contributed by atoms with Crippen molar-refractivity contribution in [2.45, 2.75) is 25.3 Å². The lowest BCUT2D eigenvalue weighted by molar-refractivity contribution is 0.101. The Morgan fingerprint density at radius 1 is 0.778 bits per heavy atom. The van der Waals surface area contributed by atoms with Gasteiger partial charge in [-0.05, 0) is 67.9 Å². The van der Waals surface area contributed by atoms with Crippen LogP contribution in [-0.4, -0.2) is 20.1 Å². The van der Waals surface area contributed by atoms with E-state index in [1.54, 1.807) is 72.8 Å². The van der Waals surface area contributed by atoms with Crippen LogP contribution in [0.2, 0.25) is 0 Å². The molecule has 0 heterocycles. The predicted octanol–water partition coefficient (Wildman–Crippen LogP) is 5.85. The molecule has 0 unspecified atom stereocenters. The summed E-state index contributed by atoms with van der Waals surface area (Å²) in [5.74, 6) is -0.533. The van der Waals surface area contributed by atoms with Crippen molar-refractivity contribution in [3.05, 3.63) is 125 Å². The average molecular weight is 499 g/mol. The average Bonchev–Trinajstić information content (AvgIpc) is 2.88. The van der Waals surface area contributed by atoms with E-state index in [9.17, 15) is 18.0 Å². The lowest BCUT2D eigenvalue weighted by atomic mass is 10.1. The Balaban J connectivity index is 1.75. The molecule has 0 saturated heterocycles. The van der Waals surface area contributed by atoms with Gasteiger partial charge in [0.15, 0.2) is 5.78 Å². The molecule has 0 radical (unpaired) electrons. The van der Waals surface area contributed by atoms with Gasteiger partial charge in [-0.25, -0.2) is 8.42 Å². The molecule has 4 aromatic rings. The molecule has 36 heavy (non-hydrogen) atoms. The molecule has 4 aromatic carbocycles. The molecule has 4 rings (SSSR count). The van der Waals surface area contributed by atoms with Gasteiger partial charge in [0.1, 0.15) is 0 Å². The number of Topliss-reactive ketones (excluding diaryl/α,β-unsaturated/α-hetero) is 1. The van der Waals surface area contributed by atoms with Gasteiger partial charge < -0.3 is 5.32 Å². The molecule has 6 nitrogen and oxygen atoms in total. The normalized spacial score (nSPS) is 11.1. The first-order valence-electron chi connectivity index (χ1n) is 11.4. The Morgan fingerprint density at radius 2 is 1.39 bits per heavy atom. The smallest absolute Gasteiger partial charge is 0.264 e. The molecule has 7 heteroatoms. The molecule has 0 aliphatic rings. The molecule has 0 atom stereocenters. The van der Waals surface area contributed by atoms with Crippen molar-refractivity contribution in [1.29, 1.82) is 0 Å². The van der Waals surface area contributed by atoms with E-state index in [2.05, 4.69) is 5.32 Å². The summed E-state index contributed by atoms with van der Waals surface area (Å²) in [6, 6.07) is 29.0. The second-order valence-corrected chi connectivity index (χ2v) is 10.3. The number of carbonyl (C=O) groups excluding carboxylic acids is 2. The van der Waals surface area contributed by atoms with E-state index in [1.807, 2.05) is 37.3 Å². The van der Waals surface area contributed by atoms with E-state index in [-0.39, 0.29) is 28.5 Å². The number of para-hydroxylation sites is 1. The number of nitrogens with zero attached hydrogens (tertiary/aromatic N) is 1. The van der Waals surface area contributed by atoms with Gasteiger partial charge in [-0.3, -0.25) is 13.9 Å². The summed E-state index contributed by atoms with van der Waals surface area (Å²) < 4.78 is 29.0. The second-order valence-electron chi connectivity index (χ2n) is 8.42. The fraction of sp³-hybridized carbons (Fsp3) is 0.103. The number of amides is 1. The van der Waals surface area contributed by atoms with Crippen LogP contribution in [0.4, 0.5) is 11.4 Å². The molecule has 1 N–H and O–H groups in total. The van der Waals surface area contributed by atoms with E-state index >= 15 is 0 Å². The van der Waals surface area contributed by atoms with E-state index in [0.29, 0.717) is 11.3 Å². The molecule has 0 aromatic heterocycles. The largest absolute Gasteiger partial charge is 0.322 e. The minimum atomic E-state index is -4.00. The maximum atomic E-state index is 13.8. The third kappa shape index (κ3) is 5.53. The van der Waals surface area contributed by atoms with Gasteiger partial charge in [0, 0.05) is 11.3 Å². The summed E-state index contributed by atoms with van der Waals surface area (Å²) in [6.45, 7) is 3.41. The number of ketones is 1. The number of nitrogens with one attached hydrogen (secondary N) is 1. The van der Waals surface area contributed by atoms with Crippen LogP contribution in [0.15, 0.2) is 108 Å². The maximum absolute atomic E-state index is 13.8. The van der Waals surface area contributed by atoms with Crippen molar-refractivity contribution in [2.24, 2.45) is 0 Å². The summed E-state index contributed by atoms with van der Waals surface area (Å²) in [6.07, 6.45) is 0. The number of benzene rings is 4. The Bertz CT molecular complexity index is 1480. The minimum absolute atomic E-state index is 0.0502. The van der Waals surface area contributed by atoms with Crippen LogP contribution in [0.1, 0.15) is 38.8 Å². The van der Waals surface area contributed by atoms with Crippen LogP contribution in [0, 0.1) is 6.92 Å². The van der Waals surface area contributed by atoms with Gasteiger partial charge in [-0.15, -0.1) is 0 Å². The zero-order valence-electron chi connectivity index (χ0n) is 20.0. The Hall–Kier alpha value is -4.23. The summed E-state index contributed by atoms with van der Waals surface area (Å²) in [7, 11) is -4.00. The van der Waals surface area contributed by atoms with Crippen LogP contribution in [0.3, 0.4) is 0 Å². The van der Waals surface area contributed by atoms with Gasteiger partial charge >= 0.3 is 0 Å². The quantitative estimate of drug-likeness (QED) is 0.309. The van der Waals surface area contributed by atoms with E-state index in [4.69, 9.17) is 0 Å². The molecule has 0 aliphatic carbocycles. The van der Waals surface area contributed by atoms with Crippen molar-refractivity contribution in [3.8, 4) is 0 Å².